The molecule has 8 nitrogen and oxygen atoms in total. The van der Waals surface area contributed by atoms with E-state index in [0.717, 1.165) is 30.2 Å². The Labute approximate surface area is 195 Å². The number of likely N-dealkylation sites (tertiary alicyclic amines) is 1. The quantitative estimate of drug-likeness (QED) is 0.364. The Morgan fingerprint density at radius 3 is 2.73 bits per heavy atom. The molecule has 0 spiro atoms. The number of hydrogen-bond acceptors (Lipinski definition) is 4. The molecular formula is C21H31IN6O2. The topological polar surface area (TPSA) is 83.8 Å². The van der Waals surface area contributed by atoms with Gasteiger partial charge in [0.15, 0.2) is 5.96 Å². The van der Waals surface area contributed by atoms with Crippen LogP contribution in [-0.2, 0) is 11.3 Å². The van der Waals surface area contributed by atoms with Gasteiger partial charge in [-0.1, -0.05) is 18.2 Å². The van der Waals surface area contributed by atoms with Crippen molar-refractivity contribution in [2.45, 2.75) is 45.4 Å². The number of ether oxygens (including phenoxy) is 1. The fraction of sp³-hybridized carbons (Fsp3) is 0.476. The van der Waals surface area contributed by atoms with Crippen molar-refractivity contribution < 1.29 is 9.53 Å². The molecule has 1 aliphatic rings. The number of nitrogens with zero attached hydrogens (tertiary/aromatic N) is 4. The number of benzene rings is 1. The lowest BCUT2D eigenvalue weighted by molar-refractivity contribution is 0.0507. The lowest BCUT2D eigenvalue weighted by Gasteiger charge is -2.23. The Bertz CT molecular complexity index is 847. The molecular weight excluding hydrogens is 495 g/mol. The first-order valence-electron chi connectivity index (χ1n) is 9.89. The van der Waals surface area contributed by atoms with Gasteiger partial charge in [0.25, 0.3) is 0 Å². The van der Waals surface area contributed by atoms with E-state index in [-0.39, 0.29) is 36.1 Å². The van der Waals surface area contributed by atoms with Crippen molar-refractivity contribution in [2.75, 3.05) is 20.1 Å². The van der Waals surface area contributed by atoms with Gasteiger partial charge in [0, 0.05) is 39.1 Å². The molecule has 3 rings (SSSR count). The Kier molecular flexibility index (Phi) is 8.51. The van der Waals surface area contributed by atoms with Crippen LogP contribution in [0.1, 0.15) is 32.8 Å². The zero-order valence-corrected chi connectivity index (χ0v) is 20.3. The third-order valence-corrected chi connectivity index (χ3v) is 4.60. The first-order valence-corrected chi connectivity index (χ1v) is 9.89. The van der Waals surface area contributed by atoms with Crippen LogP contribution in [0.15, 0.2) is 47.7 Å². The number of aliphatic imine (C=N–C) groups is 1. The van der Waals surface area contributed by atoms with Crippen molar-refractivity contribution in [3.8, 4) is 5.69 Å². The van der Waals surface area contributed by atoms with E-state index in [9.17, 15) is 4.79 Å². The average Bonchev–Trinajstić information content (AvgIpc) is 3.33. The maximum absolute atomic E-state index is 12.0. The molecule has 2 N–H and O–H groups in total. The standard InChI is InChI=1S/C21H30N6O2.HI/c1-21(2,3)29-20(28)25-17-10-13-26(15-17)19(22-4)23-14-16-8-5-6-9-18(16)27-12-7-11-24-27;/h5-9,11-12,17H,10,13-15H2,1-4H3,(H,22,23)(H,25,28);1H/t17-;/m1./s1. The van der Waals surface area contributed by atoms with E-state index in [0.29, 0.717) is 13.1 Å². The van der Waals surface area contributed by atoms with Gasteiger partial charge in [-0.25, -0.2) is 9.48 Å². The van der Waals surface area contributed by atoms with Crippen LogP contribution in [0.5, 0.6) is 0 Å². The number of amides is 1. The van der Waals surface area contributed by atoms with Crippen molar-refractivity contribution in [2.24, 2.45) is 4.99 Å². The van der Waals surface area contributed by atoms with Crippen molar-refractivity contribution in [1.82, 2.24) is 25.3 Å². The maximum Gasteiger partial charge on any atom is 0.407 e. The SMILES string of the molecule is CN=C(NCc1ccccc1-n1cccn1)N1CC[C@@H](NC(=O)OC(C)(C)C)C1.I. The van der Waals surface area contributed by atoms with Crippen molar-refractivity contribution in [3.63, 3.8) is 0 Å². The Hall–Kier alpha value is -2.30. The summed E-state index contributed by atoms with van der Waals surface area (Å²) in [5, 5.41) is 10.7. The summed E-state index contributed by atoms with van der Waals surface area (Å²) in [5.41, 5.74) is 1.66. The highest BCUT2D eigenvalue weighted by Crippen LogP contribution is 2.15. The molecule has 164 valence electrons. The highest BCUT2D eigenvalue weighted by atomic mass is 127. The number of guanidine groups is 1. The third kappa shape index (κ3) is 6.61. The van der Waals surface area contributed by atoms with E-state index in [4.69, 9.17) is 4.74 Å². The molecule has 0 saturated carbocycles. The number of carbonyl (C=O) groups excluding carboxylic acids is 1. The van der Waals surface area contributed by atoms with E-state index in [1.807, 2.05) is 55.9 Å². The van der Waals surface area contributed by atoms with Gasteiger partial charge in [0.1, 0.15) is 5.60 Å². The predicted octanol–water partition coefficient (Wildman–Crippen LogP) is 3.16. The minimum atomic E-state index is -0.498. The lowest BCUT2D eigenvalue weighted by atomic mass is 10.2. The first kappa shape index (κ1) is 24.0. The number of rotatable bonds is 4. The normalized spacial score (nSPS) is 16.7. The van der Waals surface area contributed by atoms with Crippen LogP contribution in [0, 0.1) is 0 Å². The number of alkyl carbamates (subject to hydrolysis) is 1. The average molecular weight is 526 g/mol. The van der Waals surface area contributed by atoms with Gasteiger partial charge in [-0.15, -0.1) is 24.0 Å². The summed E-state index contributed by atoms with van der Waals surface area (Å²) in [6.45, 7) is 7.73. The molecule has 1 aromatic heterocycles. The number of para-hydroxylation sites is 1. The Morgan fingerprint density at radius 2 is 2.07 bits per heavy atom. The van der Waals surface area contributed by atoms with Gasteiger partial charge in [0.05, 0.1) is 11.7 Å². The van der Waals surface area contributed by atoms with Crippen LogP contribution < -0.4 is 10.6 Å². The molecule has 0 radical (unpaired) electrons. The van der Waals surface area contributed by atoms with Crippen LogP contribution in [0.3, 0.4) is 0 Å². The fourth-order valence-corrected chi connectivity index (χ4v) is 3.35. The van der Waals surface area contributed by atoms with Gasteiger partial charge >= 0.3 is 6.09 Å². The largest absolute Gasteiger partial charge is 0.444 e. The lowest BCUT2D eigenvalue weighted by Crippen LogP contribution is -2.44. The number of nitrogens with one attached hydrogen (secondary N) is 2. The van der Waals surface area contributed by atoms with Crippen molar-refractivity contribution >= 4 is 36.0 Å². The molecule has 1 fully saturated rings. The third-order valence-electron chi connectivity index (χ3n) is 4.60. The van der Waals surface area contributed by atoms with E-state index in [1.165, 1.54) is 0 Å². The van der Waals surface area contributed by atoms with Crippen LogP contribution in [0.4, 0.5) is 4.79 Å². The molecule has 9 heteroatoms. The first-order chi connectivity index (χ1) is 13.9. The zero-order valence-electron chi connectivity index (χ0n) is 18.0. The highest BCUT2D eigenvalue weighted by Gasteiger charge is 2.27. The van der Waals surface area contributed by atoms with Gasteiger partial charge < -0.3 is 20.3 Å². The van der Waals surface area contributed by atoms with Gasteiger partial charge in [-0.3, -0.25) is 4.99 Å². The minimum Gasteiger partial charge on any atom is -0.444 e. The summed E-state index contributed by atoms with van der Waals surface area (Å²) in [4.78, 5) is 18.6. The van der Waals surface area contributed by atoms with Crippen LogP contribution >= 0.6 is 24.0 Å². The fourth-order valence-electron chi connectivity index (χ4n) is 3.35. The molecule has 1 atom stereocenters. The highest BCUT2D eigenvalue weighted by molar-refractivity contribution is 14.0. The van der Waals surface area contributed by atoms with E-state index in [1.54, 1.807) is 13.2 Å². The second-order valence-corrected chi connectivity index (χ2v) is 8.06. The molecule has 1 amide bonds. The summed E-state index contributed by atoms with van der Waals surface area (Å²) in [6.07, 6.45) is 4.18. The summed E-state index contributed by atoms with van der Waals surface area (Å²) in [5.74, 6) is 0.814. The van der Waals surface area contributed by atoms with Crippen molar-refractivity contribution in [1.29, 1.82) is 0 Å². The monoisotopic (exact) mass is 526 g/mol. The van der Waals surface area contributed by atoms with Crippen LogP contribution in [0.2, 0.25) is 0 Å². The van der Waals surface area contributed by atoms with Crippen LogP contribution in [0.25, 0.3) is 5.69 Å². The Morgan fingerprint density at radius 1 is 1.30 bits per heavy atom. The number of aromatic nitrogens is 2. The number of hydrogen-bond donors (Lipinski definition) is 2. The minimum absolute atomic E-state index is 0. The van der Waals surface area contributed by atoms with Gasteiger partial charge in [-0.05, 0) is 44.9 Å². The molecule has 1 saturated heterocycles. The molecule has 1 aliphatic heterocycles. The predicted molar refractivity (Wildman–Crippen MR) is 129 cm³/mol. The van der Waals surface area contributed by atoms with Crippen LogP contribution in [-0.4, -0.2) is 58.5 Å². The van der Waals surface area contributed by atoms with Gasteiger partial charge in [0.2, 0.25) is 0 Å². The number of halogens is 1. The molecule has 2 aromatic rings. The summed E-state index contributed by atoms with van der Waals surface area (Å²) < 4.78 is 7.21. The summed E-state index contributed by atoms with van der Waals surface area (Å²) in [6, 6.07) is 10.1. The van der Waals surface area contributed by atoms with Crippen molar-refractivity contribution in [3.05, 3.63) is 48.3 Å². The second kappa shape index (κ2) is 10.6. The summed E-state index contributed by atoms with van der Waals surface area (Å²) in [7, 11) is 1.77. The smallest absolute Gasteiger partial charge is 0.407 e. The summed E-state index contributed by atoms with van der Waals surface area (Å²) >= 11 is 0. The van der Waals surface area contributed by atoms with Gasteiger partial charge in [-0.2, -0.15) is 5.10 Å². The number of carbonyl (C=O) groups is 1. The molecule has 0 aliphatic carbocycles. The maximum atomic E-state index is 12.0. The molecule has 30 heavy (non-hydrogen) atoms. The molecule has 1 aromatic carbocycles. The molecule has 0 bridgehead atoms. The Balaban J connectivity index is 0.00000320. The van der Waals surface area contributed by atoms with E-state index in [2.05, 4.69) is 31.7 Å². The molecule has 0 unspecified atom stereocenters. The zero-order chi connectivity index (χ0) is 20.9. The second-order valence-electron chi connectivity index (χ2n) is 8.06. The molecule has 2 heterocycles. The van der Waals surface area contributed by atoms with E-state index < -0.39 is 5.60 Å². The van der Waals surface area contributed by atoms with E-state index >= 15 is 0 Å².